The topological polar surface area (TPSA) is 57.4 Å². The summed E-state index contributed by atoms with van der Waals surface area (Å²) in [6.45, 7) is 0.504. The third kappa shape index (κ3) is 2.40. The maximum atomic E-state index is 5.58. The summed E-state index contributed by atoms with van der Waals surface area (Å²) in [7, 11) is 3.28. The molecule has 2 rings (SSSR count). The molecule has 2 aromatic rings. The maximum absolute atomic E-state index is 5.58. The lowest BCUT2D eigenvalue weighted by molar-refractivity contribution is 0.404. The van der Waals surface area contributed by atoms with E-state index in [0.717, 1.165) is 26.9 Å². The van der Waals surface area contributed by atoms with Gasteiger partial charge in [0.1, 0.15) is 16.5 Å². The van der Waals surface area contributed by atoms with Gasteiger partial charge in [0.25, 0.3) is 0 Å². The van der Waals surface area contributed by atoms with Crippen LogP contribution in [0.2, 0.25) is 0 Å². The van der Waals surface area contributed by atoms with E-state index in [1.807, 2.05) is 18.2 Å². The normalized spacial score (nSPS) is 10.3. The Hall–Kier alpha value is -1.59. The van der Waals surface area contributed by atoms with Crippen LogP contribution in [0.3, 0.4) is 0 Å². The fraction of sp³-hybridized carbons (Fsp3) is 0.250. The Labute approximate surface area is 104 Å². The second-order valence-electron chi connectivity index (χ2n) is 3.40. The number of hydrogen-bond acceptors (Lipinski definition) is 5. The molecule has 0 fully saturated rings. The second-order valence-corrected chi connectivity index (χ2v) is 4.52. The average Bonchev–Trinajstić information content (AvgIpc) is 2.86. The lowest BCUT2D eigenvalue weighted by Gasteiger charge is -2.07. The van der Waals surface area contributed by atoms with Gasteiger partial charge in [-0.2, -0.15) is 0 Å². The van der Waals surface area contributed by atoms with E-state index >= 15 is 0 Å². The number of ether oxygens (including phenoxy) is 2. The minimum atomic E-state index is 0.504. The predicted octanol–water partition coefficient (Wildman–Crippen LogP) is 2.29. The van der Waals surface area contributed by atoms with E-state index in [4.69, 9.17) is 15.2 Å². The summed E-state index contributed by atoms with van der Waals surface area (Å²) in [6, 6.07) is 5.65. The quantitative estimate of drug-likeness (QED) is 0.904. The Balaban J connectivity index is 2.47. The van der Waals surface area contributed by atoms with Crippen LogP contribution in [0, 0.1) is 0 Å². The van der Waals surface area contributed by atoms with Gasteiger partial charge in [0.05, 0.1) is 19.8 Å². The molecule has 0 unspecified atom stereocenters. The van der Waals surface area contributed by atoms with Crippen molar-refractivity contribution < 1.29 is 9.47 Å². The van der Waals surface area contributed by atoms with E-state index < -0.39 is 0 Å². The van der Waals surface area contributed by atoms with Gasteiger partial charge in [-0.1, -0.05) is 0 Å². The molecule has 0 saturated heterocycles. The lowest BCUT2D eigenvalue weighted by Crippen LogP contribution is -1.91. The highest BCUT2D eigenvalue weighted by atomic mass is 32.1. The lowest BCUT2D eigenvalue weighted by atomic mass is 10.2. The molecule has 90 valence electrons. The van der Waals surface area contributed by atoms with E-state index in [9.17, 15) is 0 Å². The summed E-state index contributed by atoms with van der Waals surface area (Å²) >= 11 is 1.56. The van der Waals surface area contributed by atoms with Crippen LogP contribution in [0.25, 0.3) is 10.6 Å². The maximum Gasteiger partial charge on any atom is 0.129 e. The first-order chi connectivity index (χ1) is 8.28. The van der Waals surface area contributed by atoms with Gasteiger partial charge in [0.2, 0.25) is 0 Å². The van der Waals surface area contributed by atoms with Crippen LogP contribution in [0.1, 0.15) is 4.88 Å². The SMILES string of the molecule is COc1ccc(OC)c(-c2ncc(CN)s2)c1. The van der Waals surface area contributed by atoms with Gasteiger partial charge in [-0.15, -0.1) is 11.3 Å². The van der Waals surface area contributed by atoms with Gasteiger partial charge < -0.3 is 15.2 Å². The predicted molar refractivity (Wildman–Crippen MR) is 68.5 cm³/mol. The van der Waals surface area contributed by atoms with Crippen molar-refractivity contribution in [1.29, 1.82) is 0 Å². The molecule has 1 aromatic heterocycles. The minimum Gasteiger partial charge on any atom is -0.497 e. The first-order valence-electron chi connectivity index (χ1n) is 5.15. The molecule has 1 aromatic carbocycles. The van der Waals surface area contributed by atoms with Gasteiger partial charge in [-0.25, -0.2) is 4.98 Å². The van der Waals surface area contributed by atoms with Crippen LogP contribution >= 0.6 is 11.3 Å². The first kappa shape index (κ1) is 11.9. The van der Waals surface area contributed by atoms with Gasteiger partial charge in [0, 0.05) is 17.6 Å². The highest BCUT2D eigenvalue weighted by Gasteiger charge is 2.11. The van der Waals surface area contributed by atoms with E-state index in [1.54, 1.807) is 31.8 Å². The summed E-state index contributed by atoms with van der Waals surface area (Å²) in [5, 5.41) is 0.890. The van der Waals surface area contributed by atoms with Crippen LogP contribution in [-0.2, 0) is 6.54 Å². The van der Waals surface area contributed by atoms with Crippen molar-refractivity contribution in [3.8, 4) is 22.1 Å². The van der Waals surface area contributed by atoms with Crippen molar-refractivity contribution in [2.24, 2.45) is 5.73 Å². The average molecular weight is 250 g/mol. The van der Waals surface area contributed by atoms with Gasteiger partial charge >= 0.3 is 0 Å². The monoisotopic (exact) mass is 250 g/mol. The summed E-state index contributed by atoms with van der Waals surface area (Å²) in [5.74, 6) is 1.56. The summed E-state index contributed by atoms with van der Waals surface area (Å²) in [6.07, 6.45) is 1.79. The van der Waals surface area contributed by atoms with Gasteiger partial charge in [0.15, 0.2) is 0 Å². The van der Waals surface area contributed by atoms with Crippen molar-refractivity contribution >= 4 is 11.3 Å². The molecule has 0 bridgehead atoms. The van der Waals surface area contributed by atoms with Crippen LogP contribution in [0.4, 0.5) is 0 Å². The molecular formula is C12H14N2O2S. The zero-order valence-electron chi connectivity index (χ0n) is 9.77. The molecule has 1 heterocycles. The molecule has 0 radical (unpaired) electrons. The Kier molecular flexibility index (Phi) is 3.61. The number of methoxy groups -OCH3 is 2. The third-order valence-electron chi connectivity index (χ3n) is 2.39. The summed E-state index contributed by atoms with van der Waals surface area (Å²) in [5.41, 5.74) is 6.51. The smallest absolute Gasteiger partial charge is 0.129 e. The molecule has 0 spiro atoms. The Bertz CT molecular complexity index is 511. The molecule has 5 heteroatoms. The van der Waals surface area contributed by atoms with E-state index in [0.29, 0.717) is 6.54 Å². The largest absolute Gasteiger partial charge is 0.497 e. The molecule has 17 heavy (non-hydrogen) atoms. The number of hydrogen-bond donors (Lipinski definition) is 1. The van der Waals surface area contributed by atoms with Crippen LogP contribution in [0.15, 0.2) is 24.4 Å². The molecule has 0 aliphatic carbocycles. The van der Waals surface area contributed by atoms with Crippen LogP contribution in [-0.4, -0.2) is 19.2 Å². The number of thiazole rings is 1. The molecular weight excluding hydrogens is 236 g/mol. The second kappa shape index (κ2) is 5.16. The number of aromatic nitrogens is 1. The van der Waals surface area contributed by atoms with Crippen molar-refractivity contribution in [1.82, 2.24) is 4.98 Å². The molecule has 0 aliphatic heterocycles. The zero-order chi connectivity index (χ0) is 12.3. The van der Waals surface area contributed by atoms with E-state index in [1.165, 1.54) is 0 Å². The minimum absolute atomic E-state index is 0.504. The summed E-state index contributed by atoms with van der Waals surface area (Å²) < 4.78 is 10.5. The molecule has 0 amide bonds. The van der Waals surface area contributed by atoms with Crippen molar-refractivity contribution in [2.45, 2.75) is 6.54 Å². The Morgan fingerprint density at radius 2 is 2.12 bits per heavy atom. The zero-order valence-corrected chi connectivity index (χ0v) is 10.6. The van der Waals surface area contributed by atoms with Crippen LogP contribution < -0.4 is 15.2 Å². The molecule has 0 atom stereocenters. The van der Waals surface area contributed by atoms with Gasteiger partial charge in [-0.05, 0) is 18.2 Å². The van der Waals surface area contributed by atoms with Crippen molar-refractivity contribution in [3.63, 3.8) is 0 Å². The molecule has 0 aliphatic rings. The number of nitrogens with zero attached hydrogens (tertiary/aromatic N) is 1. The molecule has 0 saturated carbocycles. The number of rotatable bonds is 4. The Morgan fingerprint density at radius 3 is 2.71 bits per heavy atom. The van der Waals surface area contributed by atoms with Crippen molar-refractivity contribution in [2.75, 3.05) is 14.2 Å². The fourth-order valence-corrected chi connectivity index (χ4v) is 2.32. The van der Waals surface area contributed by atoms with E-state index in [2.05, 4.69) is 4.98 Å². The van der Waals surface area contributed by atoms with Crippen molar-refractivity contribution in [3.05, 3.63) is 29.3 Å². The van der Waals surface area contributed by atoms with Crippen LogP contribution in [0.5, 0.6) is 11.5 Å². The number of nitrogens with two attached hydrogens (primary N) is 1. The van der Waals surface area contributed by atoms with E-state index in [-0.39, 0.29) is 0 Å². The summed E-state index contributed by atoms with van der Waals surface area (Å²) in [4.78, 5) is 5.39. The molecule has 4 nitrogen and oxygen atoms in total. The fourth-order valence-electron chi connectivity index (χ4n) is 1.51. The first-order valence-corrected chi connectivity index (χ1v) is 5.97. The third-order valence-corrected chi connectivity index (χ3v) is 3.44. The highest BCUT2D eigenvalue weighted by Crippen LogP contribution is 2.35. The molecule has 2 N–H and O–H groups in total. The number of benzene rings is 1. The highest BCUT2D eigenvalue weighted by molar-refractivity contribution is 7.15. The standard InChI is InChI=1S/C12H14N2O2S/c1-15-8-3-4-11(16-2)10(5-8)12-14-7-9(6-13)17-12/h3-5,7H,6,13H2,1-2H3. The Morgan fingerprint density at radius 1 is 1.29 bits per heavy atom. The van der Waals surface area contributed by atoms with Gasteiger partial charge in [-0.3, -0.25) is 0 Å².